The second-order valence-electron chi connectivity index (χ2n) is 7.03. The van der Waals surface area contributed by atoms with E-state index in [1.54, 1.807) is 0 Å². The Morgan fingerprint density at radius 1 is 1.11 bits per heavy atom. The van der Waals surface area contributed by atoms with E-state index in [0.717, 1.165) is 55.5 Å². The summed E-state index contributed by atoms with van der Waals surface area (Å²) in [6, 6.07) is 18.4. The standard InChI is InChI=1S/C22H27ClN2OS/c23-21-10-8-18(9-11-21)15-25-13-4-7-20(16-25)22(26)24-12-14-27-17-19-5-2-1-3-6-19/h1-3,5-6,8-11,20H,4,7,12-17H2,(H,24,26). The smallest absolute Gasteiger partial charge is 0.224 e. The Labute approximate surface area is 171 Å². The summed E-state index contributed by atoms with van der Waals surface area (Å²) in [4.78, 5) is 14.9. The average molecular weight is 403 g/mol. The largest absolute Gasteiger partial charge is 0.355 e. The minimum atomic E-state index is 0.102. The molecule has 0 spiro atoms. The maximum absolute atomic E-state index is 12.5. The third-order valence-electron chi connectivity index (χ3n) is 4.85. The van der Waals surface area contributed by atoms with E-state index < -0.39 is 0 Å². The molecule has 3 nitrogen and oxygen atoms in total. The molecular formula is C22H27ClN2OS. The monoisotopic (exact) mass is 402 g/mol. The van der Waals surface area contributed by atoms with Crippen LogP contribution in [0.3, 0.4) is 0 Å². The van der Waals surface area contributed by atoms with Gasteiger partial charge in [-0.1, -0.05) is 54.1 Å². The zero-order valence-electron chi connectivity index (χ0n) is 15.6. The SMILES string of the molecule is O=C(NCCSCc1ccccc1)C1CCCN(Cc2ccc(Cl)cc2)C1. The molecule has 144 valence electrons. The Hall–Kier alpha value is -1.49. The summed E-state index contributed by atoms with van der Waals surface area (Å²) >= 11 is 7.82. The van der Waals surface area contributed by atoms with E-state index in [2.05, 4.69) is 46.6 Å². The lowest BCUT2D eigenvalue weighted by Gasteiger charge is -2.32. The molecule has 27 heavy (non-hydrogen) atoms. The van der Waals surface area contributed by atoms with E-state index in [-0.39, 0.29) is 11.8 Å². The van der Waals surface area contributed by atoms with Crippen molar-refractivity contribution in [3.63, 3.8) is 0 Å². The Kier molecular flexibility index (Phi) is 8.06. The molecule has 0 bridgehead atoms. The topological polar surface area (TPSA) is 32.3 Å². The number of carbonyl (C=O) groups is 1. The number of nitrogens with zero attached hydrogens (tertiary/aromatic N) is 1. The number of rotatable bonds is 8. The summed E-state index contributed by atoms with van der Waals surface area (Å²) in [5.74, 6) is 2.25. The highest BCUT2D eigenvalue weighted by molar-refractivity contribution is 7.98. The summed E-state index contributed by atoms with van der Waals surface area (Å²) in [5, 5.41) is 3.89. The molecule has 3 rings (SSSR count). The molecule has 5 heteroatoms. The summed E-state index contributed by atoms with van der Waals surface area (Å²) in [5.41, 5.74) is 2.58. The van der Waals surface area contributed by atoms with Gasteiger partial charge in [0.05, 0.1) is 5.92 Å². The van der Waals surface area contributed by atoms with E-state index in [4.69, 9.17) is 11.6 Å². The fourth-order valence-electron chi connectivity index (χ4n) is 3.42. The van der Waals surface area contributed by atoms with Gasteiger partial charge in [0.15, 0.2) is 0 Å². The lowest BCUT2D eigenvalue weighted by Crippen LogP contribution is -2.43. The number of likely N-dealkylation sites (tertiary alicyclic amines) is 1. The van der Waals surface area contributed by atoms with Crippen LogP contribution in [0.2, 0.25) is 5.02 Å². The Balaban J connectivity index is 1.36. The van der Waals surface area contributed by atoms with E-state index in [0.29, 0.717) is 0 Å². The third kappa shape index (κ3) is 6.87. The van der Waals surface area contributed by atoms with Gasteiger partial charge in [-0.3, -0.25) is 9.69 Å². The van der Waals surface area contributed by atoms with Crippen LogP contribution in [0.4, 0.5) is 0 Å². The molecule has 1 unspecified atom stereocenters. The van der Waals surface area contributed by atoms with Gasteiger partial charge < -0.3 is 5.32 Å². The summed E-state index contributed by atoms with van der Waals surface area (Å²) in [6.45, 7) is 3.52. The number of amides is 1. The van der Waals surface area contributed by atoms with Gasteiger partial charge in [0, 0.05) is 36.2 Å². The van der Waals surface area contributed by atoms with Gasteiger partial charge in [-0.15, -0.1) is 0 Å². The van der Waals surface area contributed by atoms with Crippen molar-refractivity contribution in [1.82, 2.24) is 10.2 Å². The fourth-order valence-corrected chi connectivity index (χ4v) is 4.36. The molecule has 1 aliphatic rings. The first-order chi connectivity index (χ1) is 13.2. The number of piperidine rings is 1. The number of hydrogen-bond acceptors (Lipinski definition) is 3. The molecule has 1 saturated heterocycles. The predicted octanol–water partition coefficient (Wildman–Crippen LogP) is 4.60. The van der Waals surface area contributed by atoms with Crippen LogP contribution in [0.25, 0.3) is 0 Å². The highest BCUT2D eigenvalue weighted by Gasteiger charge is 2.25. The van der Waals surface area contributed by atoms with Gasteiger partial charge in [0.25, 0.3) is 0 Å². The van der Waals surface area contributed by atoms with Crippen LogP contribution in [0.1, 0.15) is 24.0 Å². The lowest BCUT2D eigenvalue weighted by molar-refractivity contribution is -0.126. The van der Waals surface area contributed by atoms with Gasteiger partial charge in [-0.2, -0.15) is 11.8 Å². The zero-order valence-corrected chi connectivity index (χ0v) is 17.1. The molecule has 1 amide bonds. The summed E-state index contributed by atoms with van der Waals surface area (Å²) in [6.07, 6.45) is 2.06. The highest BCUT2D eigenvalue weighted by atomic mass is 35.5. The second kappa shape index (κ2) is 10.7. The number of hydrogen-bond donors (Lipinski definition) is 1. The summed E-state index contributed by atoms with van der Waals surface area (Å²) in [7, 11) is 0. The Bertz CT molecular complexity index is 708. The van der Waals surface area contributed by atoms with Crippen molar-refractivity contribution in [2.75, 3.05) is 25.4 Å². The van der Waals surface area contributed by atoms with Crippen LogP contribution in [0.15, 0.2) is 54.6 Å². The van der Waals surface area contributed by atoms with Crippen molar-refractivity contribution in [3.8, 4) is 0 Å². The number of thioether (sulfide) groups is 1. The molecule has 1 N–H and O–H groups in total. The molecular weight excluding hydrogens is 376 g/mol. The van der Waals surface area contributed by atoms with Gasteiger partial charge in [-0.05, 0) is 42.6 Å². The average Bonchev–Trinajstić information content (AvgIpc) is 2.70. The van der Waals surface area contributed by atoms with Crippen LogP contribution in [0.5, 0.6) is 0 Å². The van der Waals surface area contributed by atoms with Crippen molar-refractivity contribution in [3.05, 3.63) is 70.7 Å². The molecule has 0 saturated carbocycles. The van der Waals surface area contributed by atoms with Crippen molar-refractivity contribution >= 4 is 29.3 Å². The first-order valence-corrected chi connectivity index (χ1v) is 11.1. The number of halogens is 1. The van der Waals surface area contributed by atoms with Crippen LogP contribution >= 0.6 is 23.4 Å². The van der Waals surface area contributed by atoms with E-state index in [9.17, 15) is 4.79 Å². The van der Waals surface area contributed by atoms with E-state index >= 15 is 0 Å². The first-order valence-electron chi connectivity index (χ1n) is 9.57. The fraction of sp³-hybridized carbons (Fsp3) is 0.409. The van der Waals surface area contributed by atoms with Crippen LogP contribution in [-0.4, -0.2) is 36.2 Å². The Morgan fingerprint density at radius 2 is 1.89 bits per heavy atom. The number of benzene rings is 2. The highest BCUT2D eigenvalue weighted by Crippen LogP contribution is 2.20. The van der Waals surface area contributed by atoms with Crippen molar-refractivity contribution in [1.29, 1.82) is 0 Å². The normalized spacial score (nSPS) is 17.6. The number of nitrogens with one attached hydrogen (secondary N) is 1. The van der Waals surface area contributed by atoms with Gasteiger partial charge >= 0.3 is 0 Å². The predicted molar refractivity (Wildman–Crippen MR) is 115 cm³/mol. The Morgan fingerprint density at radius 3 is 2.67 bits per heavy atom. The second-order valence-corrected chi connectivity index (χ2v) is 8.57. The van der Waals surface area contributed by atoms with Crippen LogP contribution in [0, 0.1) is 5.92 Å². The molecule has 0 radical (unpaired) electrons. The lowest BCUT2D eigenvalue weighted by atomic mass is 9.96. The van der Waals surface area contributed by atoms with Crippen molar-refractivity contribution < 1.29 is 4.79 Å². The van der Waals surface area contributed by atoms with Crippen molar-refractivity contribution in [2.45, 2.75) is 25.1 Å². The molecule has 2 aromatic rings. The number of carbonyl (C=O) groups excluding carboxylic acids is 1. The zero-order chi connectivity index (χ0) is 18.9. The molecule has 0 aliphatic carbocycles. The van der Waals surface area contributed by atoms with Crippen LogP contribution in [-0.2, 0) is 17.1 Å². The third-order valence-corrected chi connectivity index (χ3v) is 6.14. The van der Waals surface area contributed by atoms with Crippen LogP contribution < -0.4 is 5.32 Å². The molecule has 0 aromatic heterocycles. The summed E-state index contributed by atoms with van der Waals surface area (Å²) < 4.78 is 0. The minimum absolute atomic E-state index is 0.102. The van der Waals surface area contributed by atoms with Gasteiger partial charge in [0.2, 0.25) is 5.91 Å². The quantitative estimate of drug-likeness (QED) is 0.655. The molecule has 1 aliphatic heterocycles. The molecule has 1 fully saturated rings. The molecule has 2 aromatic carbocycles. The van der Waals surface area contributed by atoms with E-state index in [1.807, 2.05) is 30.0 Å². The van der Waals surface area contributed by atoms with Crippen molar-refractivity contribution in [2.24, 2.45) is 5.92 Å². The van der Waals surface area contributed by atoms with Gasteiger partial charge in [-0.25, -0.2) is 0 Å². The molecule has 1 heterocycles. The maximum Gasteiger partial charge on any atom is 0.224 e. The minimum Gasteiger partial charge on any atom is -0.355 e. The molecule has 1 atom stereocenters. The maximum atomic E-state index is 12.5. The van der Waals surface area contributed by atoms with Gasteiger partial charge in [0.1, 0.15) is 0 Å². The first kappa shape index (κ1) is 20.2. The van der Waals surface area contributed by atoms with E-state index in [1.165, 1.54) is 11.1 Å².